The Hall–Kier alpha value is -0.650. The van der Waals surface area contributed by atoms with Gasteiger partial charge in [0.2, 0.25) is 0 Å². The zero-order valence-electron chi connectivity index (χ0n) is 13.5. The molecule has 1 rings (SSSR count). The van der Waals surface area contributed by atoms with E-state index in [2.05, 4.69) is 29.2 Å². The van der Waals surface area contributed by atoms with Gasteiger partial charge in [-0.3, -0.25) is 4.79 Å². The lowest BCUT2D eigenvalue weighted by Gasteiger charge is -2.27. The minimum atomic E-state index is -0.789. The van der Waals surface area contributed by atoms with E-state index in [0.29, 0.717) is 13.0 Å². The number of carbonyl (C=O) groups is 1. The van der Waals surface area contributed by atoms with Crippen LogP contribution in [0.15, 0.2) is 0 Å². The molecule has 0 spiro atoms. The number of hydrogen-bond donors (Lipinski definition) is 2. The van der Waals surface area contributed by atoms with Crippen LogP contribution in [0, 0.1) is 5.92 Å². The Morgan fingerprint density at radius 3 is 2.75 bits per heavy atom. The van der Waals surface area contributed by atoms with E-state index >= 15 is 0 Å². The van der Waals surface area contributed by atoms with Crippen LogP contribution >= 0.6 is 0 Å². The van der Waals surface area contributed by atoms with E-state index in [1.807, 2.05) is 6.92 Å². The van der Waals surface area contributed by atoms with Crippen molar-refractivity contribution in [1.29, 1.82) is 0 Å². The third-order valence-corrected chi connectivity index (χ3v) is 4.31. The van der Waals surface area contributed by atoms with Gasteiger partial charge in [0.15, 0.2) is 0 Å². The quantitative estimate of drug-likeness (QED) is 0.664. The van der Waals surface area contributed by atoms with E-state index in [1.165, 1.54) is 19.5 Å². The highest BCUT2D eigenvalue weighted by atomic mass is 16.4. The zero-order valence-corrected chi connectivity index (χ0v) is 13.5. The average molecular weight is 285 g/mol. The minimum absolute atomic E-state index is 0.672. The van der Waals surface area contributed by atoms with E-state index in [1.54, 1.807) is 6.92 Å². The van der Waals surface area contributed by atoms with E-state index in [-0.39, 0.29) is 0 Å². The smallest absolute Gasteiger partial charge is 0.323 e. The second-order valence-electron chi connectivity index (χ2n) is 6.45. The lowest BCUT2D eigenvalue weighted by Crippen LogP contribution is -2.49. The van der Waals surface area contributed by atoms with Crippen molar-refractivity contribution in [2.24, 2.45) is 5.92 Å². The first-order chi connectivity index (χ1) is 9.37. The molecule has 20 heavy (non-hydrogen) atoms. The molecule has 5 heteroatoms. The fourth-order valence-electron chi connectivity index (χ4n) is 3.07. The summed E-state index contributed by atoms with van der Waals surface area (Å²) in [7, 11) is 4.32. The zero-order chi connectivity index (χ0) is 15.2. The molecule has 0 aromatic heterocycles. The molecule has 0 bridgehead atoms. The number of likely N-dealkylation sites (N-methyl/N-ethyl adjacent to an activating group) is 1. The molecular weight excluding hydrogens is 254 g/mol. The van der Waals surface area contributed by atoms with E-state index < -0.39 is 11.5 Å². The van der Waals surface area contributed by atoms with Crippen molar-refractivity contribution in [3.8, 4) is 0 Å². The molecule has 1 saturated heterocycles. The van der Waals surface area contributed by atoms with Crippen LogP contribution < -0.4 is 5.32 Å². The van der Waals surface area contributed by atoms with E-state index in [4.69, 9.17) is 0 Å². The lowest BCUT2D eigenvalue weighted by molar-refractivity contribution is -0.144. The van der Waals surface area contributed by atoms with Crippen molar-refractivity contribution in [1.82, 2.24) is 15.1 Å². The highest BCUT2D eigenvalue weighted by Gasteiger charge is 2.31. The van der Waals surface area contributed by atoms with Crippen LogP contribution in [0.4, 0.5) is 0 Å². The molecule has 118 valence electrons. The van der Waals surface area contributed by atoms with E-state index in [9.17, 15) is 9.90 Å². The average Bonchev–Trinajstić information content (AvgIpc) is 2.74. The Labute approximate surface area is 123 Å². The van der Waals surface area contributed by atoms with Gasteiger partial charge in [0.1, 0.15) is 5.54 Å². The Morgan fingerprint density at radius 1 is 1.55 bits per heavy atom. The highest BCUT2D eigenvalue weighted by molar-refractivity contribution is 5.78. The van der Waals surface area contributed by atoms with Gasteiger partial charge in [-0.1, -0.05) is 6.92 Å². The molecule has 2 N–H and O–H groups in total. The highest BCUT2D eigenvalue weighted by Crippen LogP contribution is 2.17. The molecule has 0 aromatic carbocycles. The first kappa shape index (κ1) is 17.4. The first-order valence-electron chi connectivity index (χ1n) is 7.73. The van der Waals surface area contributed by atoms with Crippen molar-refractivity contribution in [2.75, 3.05) is 46.8 Å². The molecule has 1 fully saturated rings. The predicted octanol–water partition coefficient (Wildman–Crippen LogP) is 1.10. The van der Waals surface area contributed by atoms with Crippen molar-refractivity contribution in [3.05, 3.63) is 0 Å². The van der Waals surface area contributed by atoms with Crippen LogP contribution in [0.25, 0.3) is 0 Å². The summed E-state index contributed by atoms with van der Waals surface area (Å²) in [6, 6.07) is 0. The largest absolute Gasteiger partial charge is 0.480 e. The van der Waals surface area contributed by atoms with Gasteiger partial charge in [-0.05, 0) is 65.8 Å². The topological polar surface area (TPSA) is 55.8 Å². The van der Waals surface area contributed by atoms with Crippen molar-refractivity contribution >= 4 is 5.97 Å². The van der Waals surface area contributed by atoms with Gasteiger partial charge in [-0.2, -0.15) is 0 Å². The molecule has 0 amide bonds. The second-order valence-corrected chi connectivity index (χ2v) is 6.45. The third kappa shape index (κ3) is 5.38. The molecule has 1 heterocycles. The summed E-state index contributed by atoms with van der Waals surface area (Å²) in [5, 5.41) is 12.4. The summed E-state index contributed by atoms with van der Waals surface area (Å²) in [6.45, 7) is 8.90. The summed E-state index contributed by atoms with van der Waals surface area (Å²) in [5.74, 6) is 0.0176. The van der Waals surface area contributed by atoms with Gasteiger partial charge in [0, 0.05) is 13.1 Å². The maximum atomic E-state index is 11.3. The maximum Gasteiger partial charge on any atom is 0.323 e. The number of carboxylic acids is 1. The third-order valence-electron chi connectivity index (χ3n) is 4.31. The molecule has 0 saturated carbocycles. The molecular formula is C15H31N3O2. The van der Waals surface area contributed by atoms with Gasteiger partial charge in [0.25, 0.3) is 0 Å². The van der Waals surface area contributed by atoms with Crippen molar-refractivity contribution in [3.63, 3.8) is 0 Å². The van der Waals surface area contributed by atoms with Gasteiger partial charge in [-0.15, -0.1) is 0 Å². The van der Waals surface area contributed by atoms with Crippen LogP contribution in [-0.4, -0.2) is 73.2 Å². The molecule has 0 aromatic rings. The van der Waals surface area contributed by atoms with Crippen LogP contribution in [-0.2, 0) is 4.79 Å². The lowest BCUT2D eigenvalue weighted by atomic mass is 9.95. The Bertz CT molecular complexity index is 311. The molecule has 2 unspecified atom stereocenters. The first-order valence-corrected chi connectivity index (χ1v) is 7.73. The summed E-state index contributed by atoms with van der Waals surface area (Å²) in [4.78, 5) is 16.0. The van der Waals surface area contributed by atoms with Gasteiger partial charge >= 0.3 is 5.97 Å². The molecule has 0 aliphatic carbocycles. The van der Waals surface area contributed by atoms with Gasteiger partial charge in [0.05, 0.1) is 0 Å². The molecule has 1 aliphatic heterocycles. The van der Waals surface area contributed by atoms with Crippen LogP contribution in [0.2, 0.25) is 0 Å². The molecule has 2 atom stereocenters. The minimum Gasteiger partial charge on any atom is -0.480 e. The summed E-state index contributed by atoms with van der Waals surface area (Å²) in [5.41, 5.74) is -0.789. The summed E-state index contributed by atoms with van der Waals surface area (Å²) in [6.07, 6.45) is 2.87. The molecule has 1 aliphatic rings. The van der Waals surface area contributed by atoms with Crippen LogP contribution in [0.5, 0.6) is 0 Å². The number of carboxylic acid groups (broad SMARTS) is 1. The number of likely N-dealkylation sites (tertiary alicyclic amines) is 1. The number of nitrogens with zero attached hydrogens (tertiary/aromatic N) is 2. The fourth-order valence-corrected chi connectivity index (χ4v) is 3.07. The Morgan fingerprint density at radius 2 is 2.25 bits per heavy atom. The predicted molar refractivity (Wildman–Crippen MR) is 82.1 cm³/mol. The molecule has 0 radical (unpaired) electrons. The summed E-state index contributed by atoms with van der Waals surface area (Å²) >= 11 is 0. The van der Waals surface area contributed by atoms with Gasteiger partial charge in [-0.25, -0.2) is 0 Å². The van der Waals surface area contributed by atoms with Crippen molar-refractivity contribution < 1.29 is 9.90 Å². The second kappa shape index (κ2) is 7.96. The Kier molecular flexibility index (Phi) is 6.92. The SMILES string of the molecule is CCNC(C)(CCCN(C)CC1CCN(C)C1)C(=O)O. The number of nitrogens with one attached hydrogen (secondary N) is 1. The Balaban J connectivity index is 2.26. The van der Waals surface area contributed by atoms with Crippen molar-refractivity contribution in [2.45, 2.75) is 38.6 Å². The van der Waals surface area contributed by atoms with Crippen LogP contribution in [0.1, 0.15) is 33.1 Å². The fraction of sp³-hybridized carbons (Fsp3) is 0.933. The number of aliphatic carboxylic acids is 1. The molecule has 5 nitrogen and oxygen atoms in total. The van der Waals surface area contributed by atoms with E-state index in [0.717, 1.165) is 25.4 Å². The van der Waals surface area contributed by atoms with Gasteiger partial charge < -0.3 is 20.2 Å². The number of hydrogen-bond acceptors (Lipinski definition) is 4. The summed E-state index contributed by atoms with van der Waals surface area (Å²) < 4.78 is 0. The standard InChI is InChI=1S/C15H31N3O2/c1-5-16-15(2,14(19)20)8-6-9-17(3)11-13-7-10-18(4)12-13/h13,16H,5-12H2,1-4H3,(H,19,20). The monoisotopic (exact) mass is 285 g/mol. The maximum absolute atomic E-state index is 11.3. The normalized spacial score (nSPS) is 23.1. The van der Waals surface area contributed by atoms with Crippen LogP contribution in [0.3, 0.4) is 0 Å². The number of rotatable bonds is 9.